The second-order valence-electron chi connectivity index (χ2n) is 3.29. The van der Waals surface area contributed by atoms with Gasteiger partial charge in [0.2, 0.25) is 0 Å². The lowest BCUT2D eigenvalue weighted by molar-refractivity contribution is 0.266. The maximum Gasteiger partial charge on any atom is 0.282 e. The van der Waals surface area contributed by atoms with E-state index in [4.69, 9.17) is 9.47 Å². The number of thiol groups is 1. The summed E-state index contributed by atoms with van der Waals surface area (Å²) in [6.07, 6.45) is 0. The molecule has 0 aliphatic heterocycles. The molecule has 0 heterocycles. The number of rotatable bonds is 3. The monoisotopic (exact) mass is 241 g/mol. The second kappa shape index (κ2) is 5.12. The van der Waals surface area contributed by atoms with Crippen molar-refractivity contribution >= 4 is 23.6 Å². The number of benzene rings is 1. The van der Waals surface area contributed by atoms with Crippen molar-refractivity contribution in [1.82, 2.24) is 0 Å². The number of hydrogen-bond donors (Lipinski definition) is 1. The minimum Gasteiger partial charge on any atom is -0.496 e. The number of amides is 1. The van der Waals surface area contributed by atoms with E-state index in [1.54, 1.807) is 33.4 Å². The summed E-state index contributed by atoms with van der Waals surface area (Å²) in [5.41, 5.74) is 1.52. The highest BCUT2D eigenvalue weighted by molar-refractivity contribution is 7.96. The molecule has 16 heavy (non-hydrogen) atoms. The first-order valence-corrected chi connectivity index (χ1v) is 5.15. The third-order valence-corrected chi connectivity index (χ3v) is 2.71. The zero-order valence-corrected chi connectivity index (χ0v) is 10.7. The average Bonchev–Trinajstić information content (AvgIpc) is 2.27. The highest BCUT2D eigenvalue weighted by atomic mass is 32.1. The molecule has 1 rings (SSSR count). The van der Waals surface area contributed by atoms with Crippen LogP contribution in [0.3, 0.4) is 0 Å². The van der Waals surface area contributed by atoms with Crippen LogP contribution in [-0.2, 0) is 0 Å². The maximum atomic E-state index is 11.2. The number of carbonyl (C=O) groups excluding carboxylic acids is 1. The van der Waals surface area contributed by atoms with Crippen LogP contribution in [0.5, 0.6) is 11.5 Å². The van der Waals surface area contributed by atoms with Gasteiger partial charge < -0.3 is 14.4 Å². The molecule has 0 aliphatic carbocycles. The zero-order chi connectivity index (χ0) is 12.3. The van der Waals surface area contributed by atoms with Crippen molar-refractivity contribution in [3.63, 3.8) is 0 Å². The fourth-order valence-electron chi connectivity index (χ4n) is 1.51. The first kappa shape index (κ1) is 12.7. The Hall–Kier alpha value is -1.36. The van der Waals surface area contributed by atoms with Gasteiger partial charge in [0.05, 0.1) is 19.9 Å². The third-order valence-electron chi connectivity index (χ3n) is 2.41. The standard InChI is InChI=1S/C11H15NO3S/c1-7-9(14-3)6-5-8(10(7)15-4)12(2)11(13)16/h5-6H,1-4H3,(H,13,16). The van der Waals surface area contributed by atoms with Gasteiger partial charge in [-0.25, -0.2) is 0 Å². The van der Waals surface area contributed by atoms with Gasteiger partial charge in [-0.1, -0.05) is 12.6 Å². The minimum atomic E-state index is -0.345. The highest BCUT2D eigenvalue weighted by Crippen LogP contribution is 2.36. The van der Waals surface area contributed by atoms with Crippen LogP contribution in [0.15, 0.2) is 12.1 Å². The molecule has 5 heteroatoms. The van der Waals surface area contributed by atoms with Gasteiger partial charge in [0.25, 0.3) is 5.24 Å². The van der Waals surface area contributed by atoms with Crippen molar-refractivity contribution in [3.8, 4) is 11.5 Å². The van der Waals surface area contributed by atoms with Crippen LogP contribution < -0.4 is 14.4 Å². The molecule has 0 spiro atoms. The van der Waals surface area contributed by atoms with Gasteiger partial charge >= 0.3 is 0 Å². The van der Waals surface area contributed by atoms with Crippen molar-refractivity contribution in [1.29, 1.82) is 0 Å². The molecule has 1 amide bonds. The zero-order valence-electron chi connectivity index (χ0n) is 9.77. The van der Waals surface area contributed by atoms with E-state index in [0.717, 1.165) is 11.3 Å². The summed E-state index contributed by atoms with van der Waals surface area (Å²) in [6, 6.07) is 3.55. The largest absolute Gasteiger partial charge is 0.496 e. The van der Waals surface area contributed by atoms with Crippen molar-refractivity contribution in [2.24, 2.45) is 0 Å². The summed E-state index contributed by atoms with van der Waals surface area (Å²) in [5, 5.41) is -0.345. The summed E-state index contributed by atoms with van der Waals surface area (Å²) in [7, 11) is 4.79. The number of ether oxygens (including phenoxy) is 2. The van der Waals surface area contributed by atoms with Crippen LogP contribution in [0.2, 0.25) is 0 Å². The number of hydrogen-bond acceptors (Lipinski definition) is 3. The number of nitrogens with zero attached hydrogens (tertiary/aromatic N) is 1. The molecular formula is C11H15NO3S. The summed E-state index contributed by atoms with van der Waals surface area (Å²) in [4.78, 5) is 12.6. The Bertz CT molecular complexity index is 406. The first-order chi connectivity index (χ1) is 7.52. The summed E-state index contributed by atoms with van der Waals surface area (Å²) in [5.74, 6) is 1.34. The van der Waals surface area contributed by atoms with Gasteiger partial charge in [0.15, 0.2) is 0 Å². The van der Waals surface area contributed by atoms with Gasteiger partial charge in [-0.15, -0.1) is 0 Å². The Balaban J connectivity index is 3.31. The normalized spacial score (nSPS) is 9.81. The molecule has 0 fully saturated rings. The second-order valence-corrected chi connectivity index (χ2v) is 3.67. The van der Waals surface area contributed by atoms with Gasteiger partial charge in [-0.2, -0.15) is 0 Å². The molecule has 0 bridgehead atoms. The summed E-state index contributed by atoms with van der Waals surface area (Å²) in [6.45, 7) is 1.87. The quantitative estimate of drug-likeness (QED) is 0.826. The Morgan fingerprint density at radius 3 is 2.38 bits per heavy atom. The smallest absolute Gasteiger partial charge is 0.282 e. The fourth-order valence-corrected chi connectivity index (χ4v) is 1.61. The maximum absolute atomic E-state index is 11.2. The Kier molecular flexibility index (Phi) is 4.06. The Morgan fingerprint density at radius 1 is 1.31 bits per heavy atom. The molecule has 1 aromatic rings. The van der Waals surface area contributed by atoms with Crippen LogP contribution in [-0.4, -0.2) is 26.5 Å². The lowest BCUT2D eigenvalue weighted by Gasteiger charge is -2.20. The van der Waals surface area contributed by atoms with Crippen molar-refractivity contribution in [3.05, 3.63) is 17.7 Å². The molecule has 0 saturated carbocycles. The lowest BCUT2D eigenvalue weighted by Crippen LogP contribution is -2.20. The number of methoxy groups -OCH3 is 2. The number of carbonyl (C=O) groups is 1. The molecule has 1 aromatic carbocycles. The molecule has 0 saturated heterocycles. The predicted molar refractivity (Wildman–Crippen MR) is 67.1 cm³/mol. The van der Waals surface area contributed by atoms with E-state index in [1.807, 2.05) is 6.92 Å². The van der Waals surface area contributed by atoms with Crippen LogP contribution in [0.25, 0.3) is 0 Å². The molecular weight excluding hydrogens is 226 g/mol. The van der Waals surface area contributed by atoms with Gasteiger partial charge in [-0.3, -0.25) is 4.79 Å². The van der Waals surface area contributed by atoms with E-state index >= 15 is 0 Å². The molecule has 0 N–H and O–H groups in total. The molecule has 0 aromatic heterocycles. The summed E-state index contributed by atoms with van der Waals surface area (Å²) < 4.78 is 10.5. The Morgan fingerprint density at radius 2 is 1.94 bits per heavy atom. The van der Waals surface area contributed by atoms with E-state index < -0.39 is 0 Å². The summed E-state index contributed by atoms with van der Waals surface area (Å²) >= 11 is 3.77. The Labute approximate surface area is 101 Å². The van der Waals surface area contributed by atoms with E-state index in [0.29, 0.717) is 11.4 Å². The van der Waals surface area contributed by atoms with E-state index in [2.05, 4.69) is 12.6 Å². The van der Waals surface area contributed by atoms with E-state index in [9.17, 15) is 4.79 Å². The predicted octanol–water partition coefficient (Wildman–Crippen LogP) is 2.50. The van der Waals surface area contributed by atoms with Crippen LogP contribution in [0, 0.1) is 6.92 Å². The fraction of sp³-hybridized carbons (Fsp3) is 0.364. The third kappa shape index (κ3) is 2.24. The molecule has 0 unspecified atom stereocenters. The topological polar surface area (TPSA) is 38.8 Å². The van der Waals surface area contributed by atoms with Crippen molar-refractivity contribution in [2.75, 3.05) is 26.2 Å². The molecule has 4 nitrogen and oxygen atoms in total. The first-order valence-electron chi connectivity index (χ1n) is 4.71. The van der Waals surface area contributed by atoms with Crippen LogP contribution in [0.1, 0.15) is 5.56 Å². The van der Waals surface area contributed by atoms with E-state index in [-0.39, 0.29) is 5.24 Å². The average molecular weight is 241 g/mol. The minimum absolute atomic E-state index is 0.345. The van der Waals surface area contributed by atoms with Gasteiger partial charge in [0, 0.05) is 12.6 Å². The van der Waals surface area contributed by atoms with Gasteiger partial charge in [-0.05, 0) is 19.1 Å². The van der Waals surface area contributed by atoms with Crippen molar-refractivity contribution in [2.45, 2.75) is 6.92 Å². The van der Waals surface area contributed by atoms with Crippen LogP contribution in [0.4, 0.5) is 10.5 Å². The van der Waals surface area contributed by atoms with Gasteiger partial charge in [0.1, 0.15) is 11.5 Å². The molecule has 0 aliphatic rings. The van der Waals surface area contributed by atoms with Crippen molar-refractivity contribution < 1.29 is 14.3 Å². The molecule has 0 radical (unpaired) electrons. The highest BCUT2D eigenvalue weighted by Gasteiger charge is 2.16. The molecule has 0 atom stereocenters. The lowest BCUT2D eigenvalue weighted by atomic mass is 10.1. The van der Waals surface area contributed by atoms with E-state index in [1.165, 1.54) is 4.90 Å². The number of anilines is 1. The SMILES string of the molecule is COc1ccc(N(C)C(=O)S)c(OC)c1C. The molecule has 88 valence electrons. The van der Waals surface area contributed by atoms with Crippen LogP contribution >= 0.6 is 12.6 Å².